The van der Waals surface area contributed by atoms with Gasteiger partial charge in [-0.1, -0.05) is 6.92 Å². The first-order chi connectivity index (χ1) is 7.81. The number of hydrogen-bond donors (Lipinski definition) is 0. The number of piperidine rings is 1. The van der Waals surface area contributed by atoms with E-state index in [0.717, 1.165) is 6.42 Å². The van der Waals surface area contributed by atoms with Crippen LogP contribution in [0.25, 0.3) is 0 Å². The average molecular weight is 243 g/mol. The van der Waals surface area contributed by atoms with E-state index in [1.165, 1.54) is 0 Å². The van der Waals surface area contributed by atoms with Crippen LogP contribution < -0.4 is 0 Å². The van der Waals surface area contributed by atoms with Crippen LogP contribution in [0.15, 0.2) is 0 Å². The lowest BCUT2D eigenvalue weighted by Gasteiger charge is -2.36. The highest BCUT2D eigenvalue weighted by Gasteiger charge is 2.31. The first-order valence-corrected chi connectivity index (χ1v) is 5.89. The molecule has 1 rings (SSSR count). The molecule has 1 amide bonds. The molecule has 0 aliphatic carbocycles. The van der Waals surface area contributed by atoms with Crippen LogP contribution in [0.3, 0.4) is 0 Å². The molecule has 1 fully saturated rings. The Morgan fingerprint density at radius 3 is 2.53 bits per heavy atom. The molecule has 1 aliphatic rings. The summed E-state index contributed by atoms with van der Waals surface area (Å²) in [7, 11) is 0. The molecule has 0 spiro atoms. The summed E-state index contributed by atoms with van der Waals surface area (Å²) < 4.78 is 10.2. The summed E-state index contributed by atoms with van der Waals surface area (Å²) >= 11 is 0. The quantitative estimate of drug-likeness (QED) is 0.694. The zero-order chi connectivity index (χ0) is 13.1. The van der Waals surface area contributed by atoms with Gasteiger partial charge < -0.3 is 14.4 Å². The molecule has 0 aromatic heterocycles. The van der Waals surface area contributed by atoms with Gasteiger partial charge in [0.15, 0.2) is 0 Å². The minimum absolute atomic E-state index is 0.219. The van der Waals surface area contributed by atoms with Gasteiger partial charge in [-0.3, -0.25) is 4.79 Å². The maximum atomic E-state index is 11.9. The third-order valence-electron chi connectivity index (χ3n) is 2.52. The number of nitrogens with zero attached hydrogens (tertiary/aromatic N) is 1. The zero-order valence-electron chi connectivity index (χ0n) is 10.9. The Kier molecular flexibility index (Phi) is 4.37. The van der Waals surface area contributed by atoms with Gasteiger partial charge in [-0.2, -0.15) is 0 Å². The Balaban J connectivity index is 2.57. The third kappa shape index (κ3) is 4.63. The molecule has 2 unspecified atom stereocenters. The van der Waals surface area contributed by atoms with E-state index in [-0.39, 0.29) is 12.2 Å². The van der Waals surface area contributed by atoms with Gasteiger partial charge in [0, 0.05) is 6.54 Å². The largest absolute Gasteiger partial charge is 0.463 e. The third-order valence-corrected chi connectivity index (χ3v) is 2.52. The van der Waals surface area contributed by atoms with Crippen LogP contribution in [0.2, 0.25) is 0 Å². The second-order valence-corrected chi connectivity index (χ2v) is 5.58. The van der Waals surface area contributed by atoms with Gasteiger partial charge in [-0.05, 0) is 33.1 Å². The zero-order valence-corrected chi connectivity index (χ0v) is 10.9. The van der Waals surface area contributed by atoms with Crippen molar-refractivity contribution >= 4 is 12.6 Å². The van der Waals surface area contributed by atoms with Crippen LogP contribution in [-0.4, -0.2) is 42.3 Å². The molecule has 0 aromatic carbocycles. The van der Waals surface area contributed by atoms with Crippen LogP contribution in [0, 0.1) is 5.92 Å². The topological polar surface area (TPSA) is 55.8 Å². The summed E-state index contributed by atoms with van der Waals surface area (Å²) in [6, 6.07) is 0. The fourth-order valence-corrected chi connectivity index (χ4v) is 1.95. The van der Waals surface area contributed by atoms with Crippen LogP contribution in [0.5, 0.6) is 0 Å². The lowest BCUT2D eigenvalue weighted by Crippen LogP contribution is -2.48. The van der Waals surface area contributed by atoms with Crippen molar-refractivity contribution in [1.82, 2.24) is 4.90 Å². The summed E-state index contributed by atoms with van der Waals surface area (Å²) in [6.45, 7) is 9.02. The van der Waals surface area contributed by atoms with E-state index >= 15 is 0 Å². The van der Waals surface area contributed by atoms with Gasteiger partial charge in [-0.25, -0.2) is 4.79 Å². The molecule has 0 saturated carbocycles. The molecule has 0 N–H and O–H groups in total. The molecule has 5 nitrogen and oxygen atoms in total. The molecule has 0 aromatic rings. The SMILES string of the molecule is CC1CC(OC=O)CN(C(=O)OC(C)(C)C)C1. The Morgan fingerprint density at radius 2 is 2.00 bits per heavy atom. The lowest BCUT2D eigenvalue weighted by atomic mass is 9.98. The lowest BCUT2D eigenvalue weighted by molar-refractivity contribution is -0.136. The molecule has 98 valence electrons. The number of amides is 1. The molecule has 17 heavy (non-hydrogen) atoms. The number of hydrogen-bond acceptors (Lipinski definition) is 4. The summed E-state index contributed by atoms with van der Waals surface area (Å²) in [5.74, 6) is 0.307. The van der Waals surface area contributed by atoms with Crippen LogP contribution >= 0.6 is 0 Å². The molecule has 5 heteroatoms. The second-order valence-electron chi connectivity index (χ2n) is 5.58. The number of ether oxygens (including phenoxy) is 2. The van der Waals surface area contributed by atoms with Crippen LogP contribution in [-0.2, 0) is 14.3 Å². The van der Waals surface area contributed by atoms with E-state index in [2.05, 4.69) is 0 Å². The van der Waals surface area contributed by atoms with Crippen molar-refractivity contribution in [3.63, 3.8) is 0 Å². The molecule has 1 saturated heterocycles. The Morgan fingerprint density at radius 1 is 1.35 bits per heavy atom. The number of rotatable bonds is 2. The molecule has 0 bridgehead atoms. The van der Waals surface area contributed by atoms with Crippen molar-refractivity contribution in [3.8, 4) is 0 Å². The van der Waals surface area contributed by atoms with E-state index in [1.54, 1.807) is 4.90 Å². The van der Waals surface area contributed by atoms with E-state index in [4.69, 9.17) is 9.47 Å². The highest BCUT2D eigenvalue weighted by Crippen LogP contribution is 2.20. The minimum atomic E-state index is -0.501. The first-order valence-electron chi connectivity index (χ1n) is 5.89. The van der Waals surface area contributed by atoms with Crippen LogP contribution in [0.1, 0.15) is 34.1 Å². The summed E-state index contributed by atoms with van der Waals surface area (Å²) in [5.41, 5.74) is -0.501. The maximum Gasteiger partial charge on any atom is 0.410 e. The fraction of sp³-hybridized carbons (Fsp3) is 0.833. The van der Waals surface area contributed by atoms with Gasteiger partial charge in [0.05, 0.1) is 6.54 Å². The van der Waals surface area contributed by atoms with Crippen molar-refractivity contribution in [1.29, 1.82) is 0 Å². The summed E-state index contributed by atoms with van der Waals surface area (Å²) in [6.07, 6.45) is 0.227. The highest BCUT2D eigenvalue weighted by atomic mass is 16.6. The molecule has 1 heterocycles. The molecular formula is C12H21NO4. The Hall–Kier alpha value is -1.26. The van der Waals surface area contributed by atoms with Gasteiger partial charge in [0.1, 0.15) is 11.7 Å². The monoisotopic (exact) mass is 243 g/mol. The normalized spacial score (nSPS) is 25.3. The van der Waals surface area contributed by atoms with E-state index in [9.17, 15) is 9.59 Å². The summed E-state index contributed by atoms with van der Waals surface area (Å²) in [5, 5.41) is 0. The summed E-state index contributed by atoms with van der Waals surface area (Å²) in [4.78, 5) is 23.8. The van der Waals surface area contributed by atoms with Gasteiger partial charge in [0.2, 0.25) is 0 Å². The molecule has 1 aliphatic heterocycles. The predicted octanol–water partition coefficient (Wildman–Crippen LogP) is 1.80. The molecular weight excluding hydrogens is 222 g/mol. The molecule has 0 radical (unpaired) electrons. The van der Waals surface area contributed by atoms with Crippen molar-refractivity contribution in [3.05, 3.63) is 0 Å². The van der Waals surface area contributed by atoms with Gasteiger partial charge >= 0.3 is 6.09 Å². The highest BCUT2D eigenvalue weighted by molar-refractivity contribution is 5.68. The predicted molar refractivity (Wildman–Crippen MR) is 62.5 cm³/mol. The first kappa shape index (κ1) is 13.8. The van der Waals surface area contributed by atoms with Crippen molar-refractivity contribution in [2.45, 2.75) is 45.8 Å². The average Bonchev–Trinajstić information content (AvgIpc) is 2.14. The van der Waals surface area contributed by atoms with Gasteiger partial charge in [0.25, 0.3) is 6.47 Å². The maximum absolute atomic E-state index is 11.9. The second kappa shape index (κ2) is 5.38. The van der Waals surface area contributed by atoms with Crippen molar-refractivity contribution in [2.75, 3.05) is 13.1 Å². The van der Waals surface area contributed by atoms with Gasteiger partial charge in [-0.15, -0.1) is 0 Å². The molecule has 2 atom stereocenters. The standard InChI is InChI=1S/C12H21NO4/c1-9-5-10(16-8-14)7-13(6-9)11(15)17-12(2,3)4/h8-10H,5-7H2,1-4H3. The number of likely N-dealkylation sites (tertiary alicyclic amines) is 1. The number of carbonyl (C=O) groups is 2. The smallest absolute Gasteiger partial charge is 0.410 e. The minimum Gasteiger partial charge on any atom is -0.463 e. The van der Waals surface area contributed by atoms with E-state index in [1.807, 2.05) is 27.7 Å². The Labute approximate surface area is 102 Å². The van der Waals surface area contributed by atoms with Crippen molar-refractivity contribution in [2.24, 2.45) is 5.92 Å². The Bertz CT molecular complexity index is 285. The van der Waals surface area contributed by atoms with E-state index < -0.39 is 5.60 Å². The fourth-order valence-electron chi connectivity index (χ4n) is 1.95. The van der Waals surface area contributed by atoms with Crippen molar-refractivity contribution < 1.29 is 19.1 Å². The van der Waals surface area contributed by atoms with Crippen LogP contribution in [0.4, 0.5) is 4.79 Å². The number of carbonyl (C=O) groups excluding carboxylic acids is 2. The van der Waals surface area contributed by atoms with E-state index in [0.29, 0.717) is 25.5 Å².